The van der Waals surface area contributed by atoms with Crippen molar-refractivity contribution in [3.63, 3.8) is 0 Å². The molecule has 1 atom stereocenters. The van der Waals surface area contributed by atoms with Crippen LogP contribution in [0.2, 0.25) is 0 Å². The van der Waals surface area contributed by atoms with Crippen LogP contribution in [0.3, 0.4) is 0 Å². The van der Waals surface area contributed by atoms with E-state index in [0.29, 0.717) is 19.1 Å². The summed E-state index contributed by atoms with van der Waals surface area (Å²) in [7, 11) is 0. The summed E-state index contributed by atoms with van der Waals surface area (Å²) in [6, 6.07) is 13.1. The SMILES string of the molecule is Cc1ccc(CC2CCCN2CC(=O)NCc2cccnc2)cc1. The fraction of sp³-hybridized carbons (Fsp3) is 0.400. The number of carbonyl (C=O) groups excluding carboxylic acids is 1. The molecule has 0 radical (unpaired) electrons. The van der Waals surface area contributed by atoms with Gasteiger partial charge in [0.05, 0.1) is 6.54 Å². The lowest BCUT2D eigenvalue weighted by atomic mass is 10.0. The van der Waals surface area contributed by atoms with Crippen molar-refractivity contribution < 1.29 is 4.79 Å². The molecular weight excluding hydrogens is 298 g/mol. The standard InChI is InChI=1S/C20H25N3O/c1-16-6-8-17(9-7-16)12-19-5-3-11-23(19)15-20(24)22-14-18-4-2-10-21-13-18/h2,4,6-10,13,19H,3,5,11-12,14-15H2,1H3,(H,22,24). The number of hydrogen-bond acceptors (Lipinski definition) is 3. The van der Waals surface area contributed by atoms with Gasteiger partial charge in [-0.05, 0) is 49.9 Å². The highest BCUT2D eigenvalue weighted by atomic mass is 16.2. The molecule has 0 bridgehead atoms. The van der Waals surface area contributed by atoms with Gasteiger partial charge in [-0.25, -0.2) is 0 Å². The Hall–Kier alpha value is -2.20. The molecule has 1 aliphatic heterocycles. The van der Waals surface area contributed by atoms with E-state index in [9.17, 15) is 4.79 Å². The highest BCUT2D eigenvalue weighted by Gasteiger charge is 2.26. The molecule has 1 saturated heterocycles. The number of nitrogens with zero attached hydrogens (tertiary/aromatic N) is 2. The molecule has 1 amide bonds. The van der Waals surface area contributed by atoms with Crippen molar-refractivity contribution in [1.29, 1.82) is 0 Å². The molecule has 0 saturated carbocycles. The maximum Gasteiger partial charge on any atom is 0.234 e. The second-order valence-electron chi connectivity index (χ2n) is 6.59. The summed E-state index contributed by atoms with van der Waals surface area (Å²) >= 11 is 0. The van der Waals surface area contributed by atoms with Crippen molar-refractivity contribution in [2.45, 2.75) is 38.8 Å². The summed E-state index contributed by atoms with van der Waals surface area (Å²) in [5.74, 6) is 0.0923. The van der Waals surface area contributed by atoms with E-state index in [2.05, 4.69) is 46.4 Å². The lowest BCUT2D eigenvalue weighted by Crippen LogP contribution is -2.40. The number of aryl methyl sites for hydroxylation is 1. The molecule has 4 nitrogen and oxygen atoms in total. The minimum Gasteiger partial charge on any atom is -0.351 e. The second kappa shape index (κ2) is 8.06. The number of carbonyl (C=O) groups is 1. The molecule has 0 spiro atoms. The van der Waals surface area contributed by atoms with Crippen LogP contribution >= 0.6 is 0 Å². The molecule has 1 fully saturated rings. The first-order valence-corrected chi connectivity index (χ1v) is 8.66. The number of pyridine rings is 1. The minimum absolute atomic E-state index is 0.0923. The fourth-order valence-electron chi connectivity index (χ4n) is 3.27. The third-order valence-electron chi connectivity index (χ3n) is 4.65. The molecule has 2 aromatic rings. The third-order valence-corrected chi connectivity index (χ3v) is 4.65. The van der Waals surface area contributed by atoms with E-state index in [1.54, 1.807) is 12.4 Å². The third kappa shape index (κ3) is 4.65. The first-order chi connectivity index (χ1) is 11.7. The van der Waals surface area contributed by atoms with Crippen LogP contribution in [-0.4, -0.2) is 34.9 Å². The van der Waals surface area contributed by atoms with E-state index in [0.717, 1.165) is 18.5 Å². The summed E-state index contributed by atoms with van der Waals surface area (Å²) in [6.45, 7) is 4.15. The Kier molecular flexibility index (Phi) is 5.59. The number of benzene rings is 1. The fourth-order valence-corrected chi connectivity index (χ4v) is 3.27. The Morgan fingerprint density at radius 3 is 2.83 bits per heavy atom. The molecule has 1 aliphatic rings. The highest BCUT2D eigenvalue weighted by molar-refractivity contribution is 5.78. The molecule has 1 N–H and O–H groups in total. The number of rotatable bonds is 6. The van der Waals surface area contributed by atoms with Crippen LogP contribution in [0.15, 0.2) is 48.8 Å². The lowest BCUT2D eigenvalue weighted by Gasteiger charge is -2.24. The van der Waals surface area contributed by atoms with Crippen molar-refractivity contribution in [3.8, 4) is 0 Å². The molecule has 1 unspecified atom stereocenters. The number of hydrogen-bond donors (Lipinski definition) is 1. The summed E-state index contributed by atoms with van der Waals surface area (Å²) in [5.41, 5.74) is 3.67. The van der Waals surface area contributed by atoms with Crippen molar-refractivity contribution >= 4 is 5.91 Å². The Morgan fingerprint density at radius 2 is 2.08 bits per heavy atom. The molecule has 24 heavy (non-hydrogen) atoms. The smallest absolute Gasteiger partial charge is 0.234 e. The maximum atomic E-state index is 12.2. The topological polar surface area (TPSA) is 45.2 Å². The summed E-state index contributed by atoms with van der Waals surface area (Å²) in [5, 5.41) is 3.00. The highest BCUT2D eigenvalue weighted by Crippen LogP contribution is 2.21. The lowest BCUT2D eigenvalue weighted by molar-refractivity contribution is -0.122. The van der Waals surface area contributed by atoms with Gasteiger partial charge in [0.25, 0.3) is 0 Å². The number of aromatic nitrogens is 1. The average molecular weight is 323 g/mol. The Labute approximate surface area is 143 Å². The number of amides is 1. The normalized spacial score (nSPS) is 17.8. The average Bonchev–Trinajstić information content (AvgIpc) is 3.03. The van der Waals surface area contributed by atoms with Crippen molar-refractivity contribution in [1.82, 2.24) is 15.2 Å². The predicted octanol–water partition coefficient (Wildman–Crippen LogP) is 2.71. The summed E-state index contributed by atoms with van der Waals surface area (Å²) in [6.07, 6.45) is 6.90. The molecule has 1 aromatic heterocycles. The molecule has 1 aromatic carbocycles. The van der Waals surface area contributed by atoms with E-state index < -0.39 is 0 Å². The van der Waals surface area contributed by atoms with Gasteiger partial charge in [-0.3, -0.25) is 14.7 Å². The molecule has 126 valence electrons. The number of likely N-dealkylation sites (tertiary alicyclic amines) is 1. The molecular formula is C20H25N3O. The Morgan fingerprint density at radius 1 is 1.25 bits per heavy atom. The predicted molar refractivity (Wildman–Crippen MR) is 95.6 cm³/mol. The van der Waals surface area contributed by atoms with Crippen LogP contribution in [0.25, 0.3) is 0 Å². The van der Waals surface area contributed by atoms with E-state index in [-0.39, 0.29) is 5.91 Å². The van der Waals surface area contributed by atoms with E-state index >= 15 is 0 Å². The van der Waals surface area contributed by atoms with Gasteiger partial charge in [0.15, 0.2) is 0 Å². The zero-order valence-corrected chi connectivity index (χ0v) is 14.2. The second-order valence-corrected chi connectivity index (χ2v) is 6.59. The van der Waals surface area contributed by atoms with Crippen LogP contribution in [0.5, 0.6) is 0 Å². The molecule has 4 heteroatoms. The van der Waals surface area contributed by atoms with Crippen LogP contribution in [0.1, 0.15) is 29.5 Å². The quantitative estimate of drug-likeness (QED) is 0.889. The van der Waals surface area contributed by atoms with Crippen LogP contribution in [0.4, 0.5) is 0 Å². The zero-order valence-electron chi connectivity index (χ0n) is 14.2. The largest absolute Gasteiger partial charge is 0.351 e. The molecule has 3 rings (SSSR count). The van der Waals surface area contributed by atoms with E-state index in [1.807, 2.05) is 12.1 Å². The van der Waals surface area contributed by atoms with Gasteiger partial charge in [-0.2, -0.15) is 0 Å². The Balaban J connectivity index is 1.50. The van der Waals surface area contributed by atoms with Gasteiger partial charge in [-0.15, -0.1) is 0 Å². The Bertz CT molecular complexity index is 654. The van der Waals surface area contributed by atoms with E-state index in [4.69, 9.17) is 0 Å². The van der Waals surface area contributed by atoms with Crippen molar-refractivity contribution in [2.75, 3.05) is 13.1 Å². The van der Waals surface area contributed by atoms with Crippen molar-refractivity contribution in [2.24, 2.45) is 0 Å². The first-order valence-electron chi connectivity index (χ1n) is 8.66. The summed E-state index contributed by atoms with van der Waals surface area (Å²) in [4.78, 5) is 18.6. The maximum absolute atomic E-state index is 12.2. The molecule has 2 heterocycles. The van der Waals surface area contributed by atoms with Gasteiger partial charge in [-0.1, -0.05) is 35.9 Å². The van der Waals surface area contributed by atoms with E-state index in [1.165, 1.54) is 24.0 Å². The zero-order chi connectivity index (χ0) is 16.8. The minimum atomic E-state index is 0.0923. The number of nitrogens with one attached hydrogen (secondary N) is 1. The molecule has 0 aliphatic carbocycles. The van der Waals surface area contributed by atoms with Gasteiger partial charge >= 0.3 is 0 Å². The van der Waals surface area contributed by atoms with Crippen LogP contribution in [-0.2, 0) is 17.8 Å². The van der Waals surface area contributed by atoms with Gasteiger partial charge in [0.2, 0.25) is 5.91 Å². The first kappa shape index (κ1) is 16.7. The van der Waals surface area contributed by atoms with Crippen molar-refractivity contribution in [3.05, 3.63) is 65.5 Å². The monoisotopic (exact) mass is 323 g/mol. The van der Waals surface area contributed by atoms with Crippen LogP contribution in [0, 0.1) is 6.92 Å². The van der Waals surface area contributed by atoms with Crippen LogP contribution < -0.4 is 5.32 Å². The van der Waals surface area contributed by atoms with Gasteiger partial charge in [0.1, 0.15) is 0 Å². The van der Waals surface area contributed by atoms with Gasteiger partial charge in [0, 0.05) is 25.0 Å². The van der Waals surface area contributed by atoms with Gasteiger partial charge < -0.3 is 5.32 Å². The summed E-state index contributed by atoms with van der Waals surface area (Å²) < 4.78 is 0.